The lowest BCUT2D eigenvalue weighted by Crippen LogP contribution is -2.33. The summed E-state index contributed by atoms with van der Waals surface area (Å²) in [6.45, 7) is 6.91. The molecule has 0 aliphatic heterocycles. The second kappa shape index (κ2) is 23.6. The molecule has 1 saturated carbocycles. The predicted octanol–water partition coefficient (Wildman–Crippen LogP) is 16.1. The summed E-state index contributed by atoms with van der Waals surface area (Å²) < 4.78 is 0. The molecule has 4 N–H and O–H groups in total. The summed E-state index contributed by atoms with van der Waals surface area (Å²) in [6, 6.07) is 37.2. The summed E-state index contributed by atoms with van der Waals surface area (Å²) in [5.74, 6) is 1.67. The fraction of sp³-hybridized carbons (Fsp3) is 0.556. The van der Waals surface area contributed by atoms with E-state index in [1.54, 1.807) is 0 Å². The molecule has 2 nitrogen and oxygen atoms in total. The Morgan fingerprint density at radius 1 is 0.429 bits per heavy atom. The maximum Gasteiger partial charge on any atom is 0.0314 e. The van der Waals surface area contributed by atoms with Crippen LogP contribution in [-0.2, 0) is 5.41 Å². The van der Waals surface area contributed by atoms with Crippen molar-refractivity contribution in [3.8, 4) is 0 Å². The van der Waals surface area contributed by atoms with Crippen LogP contribution >= 0.6 is 0 Å². The maximum absolute atomic E-state index is 6.12. The van der Waals surface area contributed by atoms with Crippen LogP contribution in [0.15, 0.2) is 97.1 Å². The van der Waals surface area contributed by atoms with Crippen molar-refractivity contribution in [2.24, 2.45) is 5.92 Å². The standard InChI is InChI=1S/C54H78N2/c1-4-7-10-11-12-13-14-15-16-19-20-43-39-41-54(42-40-43,48-31-23-44(24-32-48)52(21-17-8-5-2)46-27-35-50(55)36-28-46)49-33-25-45(26-34-49)53(22-18-9-6-3)47-29-37-51(56)38-30-47/h23-38,43,52-53H,4-22,39-42,55-56H2,1-3H3. The number of rotatable bonds is 25. The Labute approximate surface area is 343 Å². The molecule has 4 aromatic rings. The molecule has 2 atom stereocenters. The molecule has 304 valence electrons. The maximum atomic E-state index is 6.12. The van der Waals surface area contributed by atoms with Gasteiger partial charge in [0.15, 0.2) is 0 Å². The van der Waals surface area contributed by atoms with E-state index in [-0.39, 0.29) is 5.41 Å². The molecule has 0 bridgehead atoms. The van der Waals surface area contributed by atoms with E-state index in [4.69, 9.17) is 11.5 Å². The van der Waals surface area contributed by atoms with E-state index in [0.717, 1.165) is 17.3 Å². The summed E-state index contributed by atoms with van der Waals surface area (Å²) in [5, 5.41) is 0. The van der Waals surface area contributed by atoms with Crippen molar-refractivity contribution in [2.75, 3.05) is 11.5 Å². The van der Waals surface area contributed by atoms with Crippen LogP contribution in [0.4, 0.5) is 11.4 Å². The van der Waals surface area contributed by atoms with Gasteiger partial charge >= 0.3 is 0 Å². The largest absolute Gasteiger partial charge is 0.399 e. The first-order chi connectivity index (χ1) is 27.5. The van der Waals surface area contributed by atoms with Crippen LogP contribution in [0, 0.1) is 5.92 Å². The lowest BCUT2D eigenvalue weighted by Gasteiger charge is -2.42. The molecular weight excluding hydrogens is 677 g/mol. The highest BCUT2D eigenvalue weighted by Crippen LogP contribution is 2.48. The Morgan fingerprint density at radius 3 is 1.12 bits per heavy atom. The molecule has 56 heavy (non-hydrogen) atoms. The highest BCUT2D eigenvalue weighted by Gasteiger charge is 2.38. The van der Waals surface area contributed by atoms with Gasteiger partial charge in [-0.15, -0.1) is 0 Å². The smallest absolute Gasteiger partial charge is 0.0314 e. The molecule has 4 aromatic carbocycles. The molecule has 5 rings (SSSR count). The van der Waals surface area contributed by atoms with E-state index >= 15 is 0 Å². The third kappa shape index (κ3) is 12.7. The average Bonchev–Trinajstić information content (AvgIpc) is 3.23. The zero-order chi connectivity index (χ0) is 39.4. The lowest BCUT2D eigenvalue weighted by molar-refractivity contribution is 0.250. The first-order valence-electron chi connectivity index (χ1n) is 23.4. The van der Waals surface area contributed by atoms with Crippen molar-refractivity contribution in [1.82, 2.24) is 0 Å². The second-order valence-electron chi connectivity index (χ2n) is 17.7. The molecule has 0 saturated heterocycles. The van der Waals surface area contributed by atoms with Gasteiger partial charge in [0.2, 0.25) is 0 Å². The quantitative estimate of drug-likeness (QED) is 0.0523. The highest BCUT2D eigenvalue weighted by molar-refractivity contribution is 5.47. The van der Waals surface area contributed by atoms with Crippen LogP contribution < -0.4 is 11.5 Å². The van der Waals surface area contributed by atoms with Crippen molar-refractivity contribution in [1.29, 1.82) is 0 Å². The molecule has 0 radical (unpaired) electrons. The van der Waals surface area contributed by atoms with Crippen molar-refractivity contribution >= 4 is 11.4 Å². The first kappa shape index (κ1) is 43.6. The number of benzene rings is 4. The number of hydrogen-bond acceptors (Lipinski definition) is 2. The number of hydrogen-bond donors (Lipinski definition) is 2. The van der Waals surface area contributed by atoms with Gasteiger partial charge in [-0.1, -0.05) is 203 Å². The van der Waals surface area contributed by atoms with E-state index in [0.29, 0.717) is 11.8 Å². The zero-order valence-electron chi connectivity index (χ0n) is 35.9. The molecule has 0 amide bonds. The van der Waals surface area contributed by atoms with Gasteiger partial charge in [-0.2, -0.15) is 0 Å². The third-order valence-electron chi connectivity index (χ3n) is 13.5. The van der Waals surface area contributed by atoms with E-state index in [2.05, 4.69) is 118 Å². The lowest BCUT2D eigenvalue weighted by atomic mass is 9.62. The topological polar surface area (TPSA) is 52.0 Å². The normalized spacial score (nSPS) is 18.2. The minimum absolute atomic E-state index is 0.0587. The minimum Gasteiger partial charge on any atom is -0.399 e. The Morgan fingerprint density at radius 2 is 0.750 bits per heavy atom. The van der Waals surface area contributed by atoms with E-state index in [1.807, 2.05) is 0 Å². The monoisotopic (exact) mass is 755 g/mol. The Kier molecular flexibility index (Phi) is 18.4. The number of anilines is 2. The number of nitrogen functional groups attached to an aromatic ring is 2. The SMILES string of the molecule is CCCCCCCCCCCCC1CCC(c2ccc(C(CCCCC)c3ccc(N)cc3)cc2)(c2ccc(C(CCCCC)c3ccc(N)cc3)cc2)CC1. The highest BCUT2D eigenvalue weighted by atomic mass is 14.5. The zero-order valence-corrected chi connectivity index (χ0v) is 35.9. The van der Waals surface area contributed by atoms with Gasteiger partial charge < -0.3 is 11.5 Å². The van der Waals surface area contributed by atoms with Crippen molar-refractivity contribution in [3.05, 3.63) is 130 Å². The predicted molar refractivity (Wildman–Crippen MR) is 246 cm³/mol. The summed E-state index contributed by atoms with van der Waals surface area (Å²) >= 11 is 0. The molecule has 1 fully saturated rings. The van der Waals surface area contributed by atoms with Crippen LogP contribution in [0.2, 0.25) is 0 Å². The van der Waals surface area contributed by atoms with Gasteiger partial charge in [0.1, 0.15) is 0 Å². The van der Waals surface area contributed by atoms with Crippen molar-refractivity contribution in [3.63, 3.8) is 0 Å². The van der Waals surface area contributed by atoms with Crippen LogP contribution in [0.25, 0.3) is 0 Å². The van der Waals surface area contributed by atoms with Crippen LogP contribution in [0.3, 0.4) is 0 Å². The van der Waals surface area contributed by atoms with E-state index < -0.39 is 0 Å². The summed E-state index contributed by atoms with van der Waals surface area (Å²) in [6.07, 6.45) is 30.6. The molecule has 2 heteroatoms. The molecule has 1 aliphatic carbocycles. The number of unbranched alkanes of at least 4 members (excludes halogenated alkanes) is 13. The molecule has 0 aromatic heterocycles. The molecule has 0 heterocycles. The summed E-state index contributed by atoms with van der Waals surface area (Å²) in [4.78, 5) is 0. The Balaban J connectivity index is 1.34. The van der Waals surface area contributed by atoms with Gasteiger partial charge in [-0.3, -0.25) is 0 Å². The second-order valence-corrected chi connectivity index (χ2v) is 17.7. The van der Waals surface area contributed by atoms with E-state index in [9.17, 15) is 0 Å². The van der Waals surface area contributed by atoms with Gasteiger partial charge in [0.25, 0.3) is 0 Å². The average molecular weight is 755 g/mol. The van der Waals surface area contributed by atoms with Gasteiger partial charge in [0, 0.05) is 28.6 Å². The van der Waals surface area contributed by atoms with Gasteiger partial charge in [-0.05, 0) is 102 Å². The summed E-state index contributed by atoms with van der Waals surface area (Å²) in [7, 11) is 0. The molecule has 1 aliphatic rings. The fourth-order valence-corrected chi connectivity index (χ4v) is 9.90. The van der Waals surface area contributed by atoms with E-state index in [1.165, 1.54) is 181 Å². The van der Waals surface area contributed by atoms with Gasteiger partial charge in [0.05, 0.1) is 0 Å². The Hall–Kier alpha value is -3.52. The van der Waals surface area contributed by atoms with Gasteiger partial charge in [-0.25, -0.2) is 0 Å². The minimum atomic E-state index is 0.0587. The first-order valence-corrected chi connectivity index (χ1v) is 23.4. The van der Waals surface area contributed by atoms with Crippen LogP contribution in [-0.4, -0.2) is 0 Å². The molecule has 2 unspecified atom stereocenters. The van der Waals surface area contributed by atoms with Crippen molar-refractivity contribution in [2.45, 2.75) is 186 Å². The van der Waals surface area contributed by atoms with Crippen LogP contribution in [0.5, 0.6) is 0 Å². The molecule has 0 spiro atoms. The third-order valence-corrected chi connectivity index (χ3v) is 13.5. The Bertz CT molecular complexity index is 1510. The molecular formula is C54H78N2. The summed E-state index contributed by atoms with van der Waals surface area (Å²) in [5.41, 5.74) is 22.6. The number of nitrogens with two attached hydrogens (primary N) is 2. The fourth-order valence-electron chi connectivity index (χ4n) is 9.90. The van der Waals surface area contributed by atoms with Crippen LogP contribution in [0.1, 0.15) is 214 Å². The van der Waals surface area contributed by atoms with Crippen molar-refractivity contribution < 1.29 is 0 Å².